The van der Waals surface area contributed by atoms with Crippen molar-refractivity contribution in [1.82, 2.24) is 9.55 Å². The van der Waals surface area contributed by atoms with Gasteiger partial charge in [-0.1, -0.05) is 12.8 Å². The van der Waals surface area contributed by atoms with Crippen molar-refractivity contribution in [2.24, 2.45) is 0 Å². The number of hydrogen-bond acceptors (Lipinski definition) is 3. The van der Waals surface area contributed by atoms with Crippen molar-refractivity contribution >= 4 is 16.8 Å². The zero-order valence-electron chi connectivity index (χ0n) is 10.6. The number of ketones is 1. The first-order chi connectivity index (χ1) is 9.28. The van der Waals surface area contributed by atoms with Crippen LogP contribution in [0.15, 0.2) is 30.6 Å². The molecule has 1 fully saturated rings. The summed E-state index contributed by atoms with van der Waals surface area (Å²) in [5, 5.41) is 9.73. The zero-order chi connectivity index (χ0) is 13.3. The van der Waals surface area contributed by atoms with Gasteiger partial charge in [-0.2, -0.15) is 0 Å². The highest BCUT2D eigenvalue weighted by molar-refractivity contribution is 5.91. The second-order valence-corrected chi connectivity index (χ2v) is 5.06. The number of carbonyl (C=O) groups excluding carboxylic acids is 1. The molecule has 1 saturated carbocycles. The van der Waals surface area contributed by atoms with Crippen molar-refractivity contribution in [1.29, 1.82) is 5.39 Å². The Morgan fingerprint density at radius 3 is 2.95 bits per heavy atom. The summed E-state index contributed by atoms with van der Waals surface area (Å²) in [6, 6.07) is 5.85. The fourth-order valence-corrected chi connectivity index (χ4v) is 3.14. The van der Waals surface area contributed by atoms with E-state index in [1.54, 1.807) is 6.20 Å². The summed E-state index contributed by atoms with van der Waals surface area (Å²) < 4.78 is 1.98. The van der Waals surface area contributed by atoms with Gasteiger partial charge in [0.15, 0.2) is 0 Å². The smallest absolute Gasteiger partial charge is 0.319 e. The lowest BCUT2D eigenvalue weighted by Gasteiger charge is -2.27. The Morgan fingerprint density at radius 2 is 2.21 bits per heavy atom. The number of aromatic nitrogens is 2. The molecule has 5 nitrogen and oxygen atoms in total. The predicted octanol–water partition coefficient (Wildman–Crippen LogP) is 2.73. The minimum absolute atomic E-state index is 0.0318. The molecule has 0 aromatic carbocycles. The molecule has 0 atom stereocenters. The standard InChI is InChI=1S/C14H15N4O/c15-17-10-12(19)14(6-1-2-7-14)18-9-5-11-4-3-8-16-13(11)18/h3-5,8-9H,1-2,6-7,10H2/q+1. The van der Waals surface area contributed by atoms with E-state index < -0.39 is 5.54 Å². The highest BCUT2D eigenvalue weighted by Crippen LogP contribution is 2.39. The van der Waals surface area contributed by atoms with Crippen LogP contribution in [0.1, 0.15) is 25.7 Å². The van der Waals surface area contributed by atoms with E-state index >= 15 is 0 Å². The number of nitrogens with zero attached hydrogens (tertiary/aromatic N) is 4. The molecule has 0 spiro atoms. The molecule has 0 saturated heterocycles. The second kappa shape index (κ2) is 4.47. The summed E-state index contributed by atoms with van der Waals surface area (Å²) in [6.07, 6.45) is 7.29. The van der Waals surface area contributed by atoms with Crippen molar-refractivity contribution in [3.8, 4) is 0 Å². The van der Waals surface area contributed by atoms with Gasteiger partial charge in [-0.05, 0) is 31.0 Å². The number of rotatable bonds is 3. The normalized spacial score (nSPS) is 17.4. The van der Waals surface area contributed by atoms with Crippen LogP contribution < -0.4 is 0 Å². The molecule has 96 valence electrons. The summed E-state index contributed by atoms with van der Waals surface area (Å²) in [5.74, 6) is -0.0318. The molecule has 1 aliphatic carbocycles. The Balaban J connectivity index is 2.15. The van der Waals surface area contributed by atoms with Gasteiger partial charge in [0.1, 0.15) is 16.2 Å². The molecule has 2 aromatic heterocycles. The fourth-order valence-electron chi connectivity index (χ4n) is 3.14. The fraction of sp³-hybridized carbons (Fsp3) is 0.429. The summed E-state index contributed by atoms with van der Waals surface area (Å²) in [6.45, 7) is -0.146. The van der Waals surface area contributed by atoms with Crippen LogP contribution in [0.25, 0.3) is 16.0 Å². The molecule has 1 aliphatic rings. The number of pyridine rings is 1. The Morgan fingerprint density at radius 1 is 1.42 bits per heavy atom. The van der Waals surface area contributed by atoms with E-state index in [0.29, 0.717) is 0 Å². The van der Waals surface area contributed by atoms with Gasteiger partial charge in [0.05, 0.1) is 0 Å². The van der Waals surface area contributed by atoms with E-state index in [2.05, 4.69) is 9.96 Å². The third kappa shape index (κ3) is 1.72. The molecule has 3 rings (SSSR count). The molecular formula is C14H15N4O+. The largest absolute Gasteiger partial charge is 0.365 e. The van der Waals surface area contributed by atoms with Gasteiger partial charge in [0.2, 0.25) is 11.2 Å². The number of fused-ring (bicyclic) bond motifs is 1. The second-order valence-electron chi connectivity index (χ2n) is 5.06. The average Bonchev–Trinajstić information content (AvgIpc) is 3.06. The van der Waals surface area contributed by atoms with Crippen LogP contribution in [0.4, 0.5) is 0 Å². The van der Waals surface area contributed by atoms with Crippen LogP contribution in [0, 0.1) is 5.39 Å². The molecule has 0 N–H and O–H groups in total. The molecule has 0 bridgehead atoms. The third-order valence-corrected chi connectivity index (χ3v) is 4.07. The molecule has 0 aliphatic heterocycles. The van der Waals surface area contributed by atoms with Crippen LogP contribution in [0.5, 0.6) is 0 Å². The molecule has 0 radical (unpaired) electrons. The Hall–Kier alpha value is -2.22. The average molecular weight is 255 g/mol. The maximum atomic E-state index is 12.4. The highest BCUT2D eigenvalue weighted by atomic mass is 16.1. The van der Waals surface area contributed by atoms with Crippen LogP contribution in [-0.2, 0) is 10.3 Å². The summed E-state index contributed by atoms with van der Waals surface area (Å²) >= 11 is 0. The van der Waals surface area contributed by atoms with Gasteiger partial charge in [-0.15, -0.1) is 0 Å². The number of diazo groups is 1. The Bertz CT molecular complexity index is 661. The molecule has 2 heterocycles. The van der Waals surface area contributed by atoms with Gasteiger partial charge in [0, 0.05) is 17.8 Å². The van der Waals surface area contributed by atoms with E-state index in [-0.39, 0.29) is 12.3 Å². The van der Waals surface area contributed by atoms with Crippen molar-refractivity contribution in [2.75, 3.05) is 6.54 Å². The zero-order valence-corrected chi connectivity index (χ0v) is 10.6. The first kappa shape index (κ1) is 11.8. The van der Waals surface area contributed by atoms with E-state index in [4.69, 9.17) is 5.39 Å². The van der Waals surface area contributed by atoms with E-state index in [1.807, 2.05) is 29.0 Å². The van der Waals surface area contributed by atoms with Crippen LogP contribution in [-0.4, -0.2) is 21.9 Å². The molecule has 0 unspecified atom stereocenters. The van der Waals surface area contributed by atoms with Gasteiger partial charge in [-0.25, -0.2) is 4.98 Å². The van der Waals surface area contributed by atoms with E-state index in [1.165, 1.54) is 0 Å². The lowest BCUT2D eigenvalue weighted by atomic mass is 9.91. The van der Waals surface area contributed by atoms with Gasteiger partial charge in [0.25, 0.3) is 0 Å². The number of Topliss-reactive ketones (excluding diaryl/α,β-unsaturated/α-hetero) is 1. The van der Waals surface area contributed by atoms with Crippen LogP contribution in [0.3, 0.4) is 0 Å². The highest BCUT2D eigenvalue weighted by Gasteiger charge is 2.45. The first-order valence-corrected chi connectivity index (χ1v) is 6.55. The van der Waals surface area contributed by atoms with Gasteiger partial charge < -0.3 is 4.57 Å². The number of carbonyl (C=O) groups is 1. The maximum absolute atomic E-state index is 12.4. The van der Waals surface area contributed by atoms with Crippen LogP contribution >= 0.6 is 0 Å². The molecule has 2 aromatic rings. The monoisotopic (exact) mass is 255 g/mol. The minimum Gasteiger partial charge on any atom is -0.319 e. The minimum atomic E-state index is -0.581. The molecular weight excluding hydrogens is 240 g/mol. The topological polar surface area (TPSA) is 63.0 Å². The Kier molecular flexibility index (Phi) is 2.79. The summed E-state index contributed by atoms with van der Waals surface area (Å²) in [5.41, 5.74) is 0.248. The van der Waals surface area contributed by atoms with E-state index in [0.717, 1.165) is 36.7 Å². The first-order valence-electron chi connectivity index (χ1n) is 6.55. The lowest BCUT2D eigenvalue weighted by molar-refractivity contribution is -0.125. The van der Waals surface area contributed by atoms with E-state index in [9.17, 15) is 4.79 Å². The van der Waals surface area contributed by atoms with Crippen molar-refractivity contribution in [2.45, 2.75) is 31.2 Å². The molecule has 19 heavy (non-hydrogen) atoms. The lowest BCUT2D eigenvalue weighted by Crippen LogP contribution is -2.40. The maximum Gasteiger partial charge on any atom is 0.365 e. The molecule has 5 heteroatoms. The third-order valence-electron chi connectivity index (χ3n) is 4.07. The summed E-state index contributed by atoms with van der Waals surface area (Å²) in [7, 11) is 0. The van der Waals surface area contributed by atoms with Gasteiger partial charge in [-0.3, -0.25) is 4.79 Å². The SMILES string of the molecule is N#[N+]CC(=O)C1(n2ccc3cccnc32)CCCC1. The van der Waals surface area contributed by atoms with Crippen molar-refractivity contribution in [3.63, 3.8) is 0 Å². The van der Waals surface area contributed by atoms with Crippen LogP contribution in [0.2, 0.25) is 0 Å². The summed E-state index contributed by atoms with van der Waals surface area (Å²) in [4.78, 5) is 19.8. The predicted molar refractivity (Wildman–Crippen MR) is 71.1 cm³/mol. The number of hydrogen-bond donors (Lipinski definition) is 0. The molecule has 0 amide bonds. The van der Waals surface area contributed by atoms with Crippen molar-refractivity contribution < 1.29 is 4.79 Å². The van der Waals surface area contributed by atoms with Gasteiger partial charge >= 0.3 is 6.54 Å². The Labute approximate surface area is 110 Å². The van der Waals surface area contributed by atoms with Crippen molar-refractivity contribution in [3.05, 3.63) is 35.6 Å². The quantitative estimate of drug-likeness (QED) is 0.792.